The van der Waals surface area contributed by atoms with Crippen LogP contribution in [0.1, 0.15) is 12.5 Å². The van der Waals surface area contributed by atoms with E-state index in [4.69, 9.17) is 0 Å². The van der Waals surface area contributed by atoms with Gasteiger partial charge >= 0.3 is 0 Å². The first-order valence-corrected chi connectivity index (χ1v) is 7.66. The Kier molecular flexibility index (Phi) is 3.89. The Balaban J connectivity index is 1.87. The van der Waals surface area contributed by atoms with E-state index in [1.54, 1.807) is 0 Å². The van der Waals surface area contributed by atoms with Crippen molar-refractivity contribution in [3.8, 4) is 22.4 Å². The number of aromatic nitrogens is 1. The number of rotatable bonds is 3. The third-order valence-corrected chi connectivity index (χ3v) is 3.92. The molecule has 0 aliphatic carbocycles. The van der Waals surface area contributed by atoms with Crippen LogP contribution < -0.4 is 0 Å². The monoisotopic (exact) mass is 283 g/mol. The van der Waals surface area contributed by atoms with Crippen molar-refractivity contribution in [2.45, 2.75) is 12.1 Å². The summed E-state index contributed by atoms with van der Waals surface area (Å²) < 4.78 is 0. The molecule has 0 saturated heterocycles. The van der Waals surface area contributed by atoms with Crippen molar-refractivity contribution in [2.75, 3.05) is 0 Å². The summed E-state index contributed by atoms with van der Waals surface area (Å²) in [6, 6.07) is 23.3. The highest BCUT2D eigenvalue weighted by atomic mass is 14.7. The van der Waals surface area contributed by atoms with Gasteiger partial charge in [0.1, 0.15) is 15.7 Å². The van der Waals surface area contributed by atoms with Crippen LogP contribution in [0.4, 0.5) is 0 Å². The Morgan fingerprint density at radius 1 is 0.727 bits per heavy atom. The molecule has 1 heterocycles. The molecule has 0 atom stereocenters. The number of nitrogens with zero attached hydrogens (tertiary/aromatic N) is 1. The fourth-order valence-electron chi connectivity index (χ4n) is 2.51. The topological polar surface area (TPSA) is 12.9 Å². The van der Waals surface area contributed by atoms with Crippen LogP contribution >= 0.6 is 0 Å². The van der Waals surface area contributed by atoms with Gasteiger partial charge < -0.3 is 0 Å². The van der Waals surface area contributed by atoms with E-state index in [2.05, 4.69) is 76.1 Å². The van der Waals surface area contributed by atoms with E-state index in [-0.39, 0.29) is 5.21 Å². The van der Waals surface area contributed by atoms with Crippen LogP contribution in [0.2, 0.25) is 0 Å². The molecular formula is C19H19B2N. The second kappa shape index (κ2) is 5.84. The van der Waals surface area contributed by atoms with Crippen LogP contribution in [-0.2, 0) is 5.21 Å². The zero-order chi connectivity index (χ0) is 15.6. The van der Waals surface area contributed by atoms with Crippen molar-refractivity contribution < 1.29 is 0 Å². The molecule has 0 spiro atoms. The largest absolute Gasteiger partial charge is 0.256 e. The lowest BCUT2D eigenvalue weighted by molar-refractivity contribution is 0.973. The van der Waals surface area contributed by atoms with Gasteiger partial charge in [0.05, 0.1) is 5.69 Å². The standard InChI is InChI=1S/C19H19B2N/c1-19(20,21)17-10-7-14(8-11-17)16-9-12-18(22-13-16)15-5-3-2-4-6-15/h2-13H,20-21H2,1H3. The third kappa shape index (κ3) is 3.14. The maximum absolute atomic E-state index is 4.60. The van der Waals surface area contributed by atoms with Crippen LogP contribution in [0.15, 0.2) is 72.9 Å². The van der Waals surface area contributed by atoms with Crippen molar-refractivity contribution >= 4 is 15.7 Å². The highest BCUT2D eigenvalue weighted by molar-refractivity contribution is 6.39. The molecular weight excluding hydrogens is 264 g/mol. The van der Waals surface area contributed by atoms with Gasteiger partial charge in [0.2, 0.25) is 0 Å². The summed E-state index contributed by atoms with van der Waals surface area (Å²) in [6.07, 6.45) is 1.95. The zero-order valence-corrected chi connectivity index (χ0v) is 13.4. The van der Waals surface area contributed by atoms with Crippen molar-refractivity contribution in [1.29, 1.82) is 0 Å². The quantitative estimate of drug-likeness (QED) is 0.673. The molecule has 0 saturated carbocycles. The molecule has 0 unspecified atom stereocenters. The number of hydrogen-bond acceptors (Lipinski definition) is 1. The second-order valence-corrected chi connectivity index (χ2v) is 6.63. The molecule has 0 fully saturated rings. The minimum atomic E-state index is 0.188. The summed E-state index contributed by atoms with van der Waals surface area (Å²) in [6.45, 7) is 2.23. The molecule has 3 aromatic rings. The summed E-state index contributed by atoms with van der Waals surface area (Å²) in [5.74, 6) is 0. The number of pyridine rings is 1. The van der Waals surface area contributed by atoms with Gasteiger partial charge in [-0.15, -0.1) is 0 Å². The molecule has 106 valence electrons. The Morgan fingerprint density at radius 3 is 1.91 bits per heavy atom. The van der Waals surface area contributed by atoms with Gasteiger partial charge in [-0.1, -0.05) is 78.4 Å². The van der Waals surface area contributed by atoms with Crippen LogP contribution in [0, 0.1) is 0 Å². The maximum atomic E-state index is 4.60. The van der Waals surface area contributed by atoms with E-state index in [0.29, 0.717) is 0 Å². The minimum Gasteiger partial charge on any atom is -0.256 e. The van der Waals surface area contributed by atoms with E-state index in [1.807, 2.05) is 24.4 Å². The van der Waals surface area contributed by atoms with Crippen LogP contribution in [-0.4, -0.2) is 20.7 Å². The maximum Gasteiger partial charge on any atom is 0.104 e. The van der Waals surface area contributed by atoms with Gasteiger partial charge in [0, 0.05) is 17.3 Å². The normalized spacial score (nSPS) is 11.3. The van der Waals surface area contributed by atoms with Gasteiger partial charge in [-0.2, -0.15) is 0 Å². The third-order valence-electron chi connectivity index (χ3n) is 3.92. The van der Waals surface area contributed by atoms with Crippen LogP contribution in [0.3, 0.4) is 0 Å². The van der Waals surface area contributed by atoms with Crippen molar-refractivity contribution in [3.05, 3.63) is 78.5 Å². The fourth-order valence-corrected chi connectivity index (χ4v) is 2.51. The van der Waals surface area contributed by atoms with Gasteiger partial charge in [-0.05, 0) is 11.6 Å². The van der Waals surface area contributed by atoms with Gasteiger partial charge in [0.15, 0.2) is 0 Å². The summed E-state index contributed by atoms with van der Waals surface area (Å²) in [7, 11) is 4.47. The molecule has 0 amide bonds. The molecule has 2 aromatic carbocycles. The summed E-state index contributed by atoms with van der Waals surface area (Å²) in [5.41, 5.74) is 5.87. The van der Waals surface area contributed by atoms with E-state index in [9.17, 15) is 0 Å². The lowest BCUT2D eigenvalue weighted by atomic mass is 9.52. The average Bonchev–Trinajstić information content (AvgIpc) is 2.55. The van der Waals surface area contributed by atoms with Crippen LogP contribution in [0.25, 0.3) is 22.4 Å². The number of benzene rings is 2. The van der Waals surface area contributed by atoms with E-state index in [1.165, 1.54) is 11.1 Å². The van der Waals surface area contributed by atoms with Crippen molar-refractivity contribution in [1.82, 2.24) is 4.98 Å². The minimum absolute atomic E-state index is 0.188. The van der Waals surface area contributed by atoms with Gasteiger partial charge in [-0.25, -0.2) is 0 Å². The zero-order valence-electron chi connectivity index (χ0n) is 13.4. The molecule has 0 aliphatic rings. The first-order valence-electron chi connectivity index (χ1n) is 7.66. The van der Waals surface area contributed by atoms with Crippen molar-refractivity contribution in [2.24, 2.45) is 0 Å². The summed E-state index contributed by atoms with van der Waals surface area (Å²) in [5, 5.41) is 0.188. The first kappa shape index (κ1) is 14.6. The molecule has 0 aliphatic heterocycles. The average molecular weight is 283 g/mol. The lowest BCUT2D eigenvalue weighted by Crippen LogP contribution is -2.21. The molecule has 0 radical (unpaired) electrons. The molecule has 0 N–H and O–H groups in total. The van der Waals surface area contributed by atoms with Crippen molar-refractivity contribution in [3.63, 3.8) is 0 Å². The fraction of sp³-hybridized carbons (Fsp3) is 0.105. The SMILES string of the molecule is BC(B)(C)c1ccc(-c2ccc(-c3ccccc3)nc2)cc1. The smallest absolute Gasteiger partial charge is 0.104 e. The van der Waals surface area contributed by atoms with E-state index < -0.39 is 0 Å². The molecule has 0 bridgehead atoms. The Morgan fingerprint density at radius 2 is 1.36 bits per heavy atom. The van der Waals surface area contributed by atoms with Gasteiger partial charge in [-0.3, -0.25) is 4.98 Å². The summed E-state index contributed by atoms with van der Waals surface area (Å²) in [4.78, 5) is 4.60. The highest BCUT2D eigenvalue weighted by Gasteiger charge is 2.13. The Hall–Kier alpha value is -2.28. The summed E-state index contributed by atoms with van der Waals surface area (Å²) >= 11 is 0. The molecule has 3 rings (SSSR count). The molecule has 22 heavy (non-hydrogen) atoms. The first-order chi connectivity index (χ1) is 10.5. The van der Waals surface area contributed by atoms with E-state index in [0.717, 1.165) is 16.8 Å². The number of hydrogen-bond donors (Lipinski definition) is 0. The van der Waals surface area contributed by atoms with E-state index >= 15 is 0 Å². The second-order valence-electron chi connectivity index (χ2n) is 6.63. The predicted molar refractivity (Wildman–Crippen MR) is 99.5 cm³/mol. The molecule has 1 nitrogen and oxygen atoms in total. The Bertz CT molecular complexity index is 742. The highest BCUT2D eigenvalue weighted by Crippen LogP contribution is 2.24. The van der Waals surface area contributed by atoms with Crippen LogP contribution in [0.5, 0.6) is 0 Å². The molecule has 1 aromatic heterocycles. The lowest BCUT2D eigenvalue weighted by Gasteiger charge is -2.19. The molecule has 3 heteroatoms. The Labute approximate surface area is 134 Å². The van der Waals surface area contributed by atoms with Gasteiger partial charge in [0.25, 0.3) is 0 Å². The predicted octanol–water partition coefficient (Wildman–Crippen LogP) is 2.85.